The quantitative estimate of drug-likeness (QED) is 0.286. The van der Waals surface area contributed by atoms with Gasteiger partial charge >= 0.3 is 0 Å². The van der Waals surface area contributed by atoms with Crippen LogP contribution in [0.25, 0.3) is 0 Å². The van der Waals surface area contributed by atoms with E-state index in [0.717, 1.165) is 0 Å². The highest BCUT2D eigenvalue weighted by molar-refractivity contribution is 7.35. The maximum absolute atomic E-state index is 8.09. The summed E-state index contributed by atoms with van der Waals surface area (Å²) >= 11 is 8.09. The molecule has 0 aliphatic heterocycles. The summed E-state index contributed by atoms with van der Waals surface area (Å²) in [6.07, 6.45) is 0. The van der Waals surface area contributed by atoms with Crippen molar-refractivity contribution in [2.75, 3.05) is 0 Å². The summed E-state index contributed by atoms with van der Waals surface area (Å²) in [5, 5.41) is 2.61. The van der Waals surface area contributed by atoms with Gasteiger partial charge in [-0.3, -0.25) is 0 Å². The summed E-state index contributed by atoms with van der Waals surface area (Å²) in [4.78, 5) is 0. The fourth-order valence-corrected chi connectivity index (χ4v) is 8.56. The van der Waals surface area contributed by atoms with Crippen LogP contribution in [-0.4, -0.2) is 7.38 Å². The third-order valence-corrected chi connectivity index (χ3v) is 14.4. The van der Waals surface area contributed by atoms with Crippen LogP contribution in [0.2, 0.25) is 5.04 Å². The van der Waals surface area contributed by atoms with Crippen LogP contribution in [-0.2, 0) is 21.7 Å². The van der Waals surface area contributed by atoms with Crippen molar-refractivity contribution in [1.82, 2.24) is 0 Å². The van der Waals surface area contributed by atoms with E-state index < -0.39 is 7.38 Å². The van der Waals surface area contributed by atoms with Gasteiger partial charge in [-0.15, -0.1) is 0 Å². The molecule has 0 unspecified atom stereocenters. The lowest BCUT2D eigenvalue weighted by Crippen LogP contribution is -2.60. The molecule has 0 saturated heterocycles. The number of hydrogen-bond acceptors (Lipinski definition) is 0. The zero-order valence-corrected chi connectivity index (χ0v) is 26.6. The number of halogens is 1. The molecule has 0 bridgehead atoms. The van der Waals surface area contributed by atoms with Gasteiger partial charge in [0.15, 0.2) is 0 Å². The van der Waals surface area contributed by atoms with E-state index in [0.29, 0.717) is 0 Å². The minimum atomic E-state index is -2.67. The normalized spacial score (nSPS) is 14.5. The fraction of sp³-hybridized carbons (Fsp3) is 0.625. The molecule has 0 aromatic heterocycles. The summed E-state index contributed by atoms with van der Waals surface area (Å²) in [6, 6.07) is 14.5. The van der Waals surface area contributed by atoms with Crippen LogP contribution in [0.3, 0.4) is 0 Å². The van der Waals surface area contributed by atoms with Crippen molar-refractivity contribution in [3.63, 3.8) is 0 Å². The van der Waals surface area contributed by atoms with Crippen LogP contribution < -0.4 is 10.4 Å². The molecule has 0 nitrogen and oxygen atoms in total. The Morgan fingerprint density at radius 2 is 0.618 bits per heavy atom. The molecule has 190 valence electrons. The smallest absolute Gasteiger partial charge is 0.154 e. The van der Waals surface area contributed by atoms with Crippen molar-refractivity contribution >= 4 is 28.8 Å². The van der Waals surface area contributed by atoms with Gasteiger partial charge in [0, 0.05) is 0 Å². The second-order valence-electron chi connectivity index (χ2n) is 15.5. The lowest BCUT2D eigenvalue weighted by atomic mass is 9.81. The van der Waals surface area contributed by atoms with Crippen molar-refractivity contribution in [2.24, 2.45) is 0 Å². The Morgan fingerprint density at radius 1 is 0.412 bits per heavy atom. The van der Waals surface area contributed by atoms with Crippen LogP contribution in [0.4, 0.5) is 0 Å². The molecule has 0 fully saturated rings. The van der Waals surface area contributed by atoms with Crippen molar-refractivity contribution in [3.05, 3.63) is 58.7 Å². The maximum atomic E-state index is 8.09. The van der Waals surface area contributed by atoms with Gasteiger partial charge in [0.2, 0.25) is 7.38 Å². The largest absolute Gasteiger partial charge is 0.222 e. The van der Waals surface area contributed by atoms with Gasteiger partial charge in [-0.25, -0.2) is 0 Å². The average Bonchev–Trinajstić information content (AvgIpc) is 2.62. The lowest BCUT2D eigenvalue weighted by Gasteiger charge is -2.41. The zero-order chi connectivity index (χ0) is 26.7. The highest BCUT2D eigenvalue weighted by Crippen LogP contribution is 2.41. The third kappa shape index (κ3) is 6.01. The lowest BCUT2D eigenvalue weighted by molar-refractivity contribution is 0.569. The number of hydrogen-bond donors (Lipinski definition) is 0. The van der Waals surface area contributed by atoms with Gasteiger partial charge < -0.3 is 0 Å². The minimum absolute atomic E-state index is 0.0594. The molecule has 0 aliphatic rings. The van der Waals surface area contributed by atoms with E-state index in [2.05, 4.69) is 140 Å². The Hall–Kier alpha value is -1.05. The van der Waals surface area contributed by atoms with E-state index in [-0.39, 0.29) is 26.7 Å². The highest BCUT2D eigenvalue weighted by Gasteiger charge is 2.48. The van der Waals surface area contributed by atoms with E-state index >= 15 is 0 Å². The zero-order valence-electron chi connectivity index (χ0n) is 24.8. The Labute approximate surface area is 217 Å². The summed E-state index contributed by atoms with van der Waals surface area (Å²) in [5.41, 5.74) is 5.74. The van der Waals surface area contributed by atoms with Crippen molar-refractivity contribution in [2.45, 2.75) is 131 Å². The van der Waals surface area contributed by atoms with Crippen LogP contribution in [0.1, 0.15) is 126 Å². The number of benzene rings is 2. The van der Waals surface area contributed by atoms with Crippen LogP contribution >= 0.6 is 11.1 Å². The van der Waals surface area contributed by atoms with Crippen LogP contribution in [0.15, 0.2) is 36.4 Å². The monoisotopic (exact) mass is 498 g/mol. The molecule has 0 atom stereocenters. The van der Waals surface area contributed by atoms with Crippen LogP contribution in [0.5, 0.6) is 0 Å². The van der Waals surface area contributed by atoms with E-state index in [4.69, 9.17) is 11.1 Å². The van der Waals surface area contributed by atoms with E-state index in [9.17, 15) is 0 Å². The first-order chi connectivity index (χ1) is 14.9. The summed E-state index contributed by atoms with van der Waals surface area (Å²) in [7, 11) is -2.67. The topological polar surface area (TPSA) is 0 Å². The standard InChI is InChI=1S/C32H51ClSi/c1-28(2,3)22-16-23(29(4,5)6)19-26(18-22)34(33,32(13,14)15)27-20-24(30(7,8)9)17-25(21-27)31(10,11)12/h16-21H,1-15H3. The molecule has 2 aromatic rings. The predicted molar refractivity (Wildman–Crippen MR) is 158 cm³/mol. The van der Waals surface area contributed by atoms with E-state index in [1.165, 1.54) is 32.6 Å². The van der Waals surface area contributed by atoms with Gasteiger partial charge in [0.1, 0.15) is 0 Å². The molecule has 2 rings (SSSR count). The second kappa shape index (κ2) is 8.81. The molecule has 0 aliphatic carbocycles. The number of rotatable bonds is 2. The van der Waals surface area contributed by atoms with Gasteiger partial charge in [-0.1, -0.05) is 140 Å². The molecule has 0 N–H and O–H groups in total. The van der Waals surface area contributed by atoms with Gasteiger partial charge in [0.25, 0.3) is 0 Å². The fourth-order valence-electron chi connectivity index (χ4n) is 4.42. The first-order valence-electron chi connectivity index (χ1n) is 12.9. The Bertz CT molecular complexity index is 885. The van der Waals surface area contributed by atoms with E-state index in [1.54, 1.807) is 0 Å². The molecule has 0 heterocycles. The van der Waals surface area contributed by atoms with Crippen LogP contribution in [0, 0.1) is 0 Å². The molecular weight excluding hydrogens is 448 g/mol. The predicted octanol–water partition coefficient (Wildman–Crippen LogP) is 8.98. The Kier molecular flexibility index (Phi) is 7.56. The SMILES string of the molecule is CC(C)(C)c1cc(C(C)(C)C)cc([Si](Cl)(c2cc(C(C)(C)C)cc(C(C)(C)C)c2)C(C)(C)C)c1. The summed E-state index contributed by atoms with van der Waals surface area (Å²) in [6.45, 7) is 34.7. The van der Waals surface area contributed by atoms with Gasteiger partial charge in [-0.2, -0.15) is 11.1 Å². The summed E-state index contributed by atoms with van der Waals surface area (Å²) < 4.78 is 0. The molecule has 34 heavy (non-hydrogen) atoms. The van der Waals surface area contributed by atoms with Crippen molar-refractivity contribution in [3.8, 4) is 0 Å². The van der Waals surface area contributed by atoms with Gasteiger partial charge in [-0.05, 0) is 59.3 Å². The molecule has 0 spiro atoms. The second-order valence-corrected chi connectivity index (χ2v) is 21.2. The first-order valence-corrected chi connectivity index (χ1v) is 15.9. The third-order valence-electron chi connectivity index (χ3n) is 7.16. The molecule has 2 aromatic carbocycles. The van der Waals surface area contributed by atoms with E-state index in [1.807, 2.05) is 0 Å². The maximum Gasteiger partial charge on any atom is 0.222 e. The molecule has 0 amide bonds. The average molecular weight is 499 g/mol. The molecule has 0 radical (unpaired) electrons. The molecular formula is C32H51ClSi. The highest BCUT2D eigenvalue weighted by atomic mass is 35.6. The minimum Gasteiger partial charge on any atom is -0.154 e. The van der Waals surface area contributed by atoms with Crippen molar-refractivity contribution < 1.29 is 0 Å². The molecule has 2 heteroatoms. The summed E-state index contributed by atoms with van der Waals surface area (Å²) in [5.74, 6) is 0. The van der Waals surface area contributed by atoms with Crippen molar-refractivity contribution in [1.29, 1.82) is 0 Å². The Balaban J connectivity index is 3.05. The van der Waals surface area contributed by atoms with Gasteiger partial charge in [0.05, 0.1) is 0 Å². The Morgan fingerprint density at radius 3 is 0.765 bits per heavy atom. The first kappa shape index (κ1) is 29.2. The molecule has 0 saturated carbocycles.